The molecule has 7 heteroatoms. The second-order valence-electron chi connectivity index (χ2n) is 3.11. The van der Waals surface area contributed by atoms with E-state index in [1.165, 1.54) is 17.9 Å². The van der Waals surface area contributed by atoms with Gasteiger partial charge in [0.1, 0.15) is 18.0 Å². The molecule has 0 atom stereocenters. The third-order valence-corrected chi connectivity index (χ3v) is 2.62. The maximum atomic E-state index is 4.21. The quantitative estimate of drug-likeness (QED) is 0.741. The first-order chi connectivity index (χ1) is 7.34. The van der Waals surface area contributed by atoms with E-state index >= 15 is 0 Å². The van der Waals surface area contributed by atoms with Crippen molar-refractivity contribution in [3.8, 4) is 0 Å². The van der Waals surface area contributed by atoms with Gasteiger partial charge >= 0.3 is 0 Å². The van der Waals surface area contributed by atoms with Crippen molar-refractivity contribution >= 4 is 16.7 Å². The molecule has 0 fully saturated rings. The van der Waals surface area contributed by atoms with Crippen molar-refractivity contribution in [1.29, 1.82) is 0 Å². The predicted octanol–water partition coefficient (Wildman–Crippen LogP) is 1.01. The number of rotatable bonds is 5. The fourth-order valence-electron chi connectivity index (χ4n) is 1.17. The minimum atomic E-state index is 0.817. The zero-order valence-corrected chi connectivity index (χ0v) is 9.21. The van der Waals surface area contributed by atoms with Gasteiger partial charge in [-0.3, -0.25) is 5.10 Å². The number of hydrogen-bond donors (Lipinski definition) is 2. The second-order valence-corrected chi connectivity index (χ2v) is 3.86. The Bertz CT molecular complexity index is 395. The number of nitrogens with zero attached hydrogens (tertiary/aromatic N) is 4. The Balaban J connectivity index is 1.67. The maximum Gasteiger partial charge on any atom is 0.202 e. The van der Waals surface area contributed by atoms with E-state index in [2.05, 4.69) is 29.9 Å². The molecule has 0 aromatic carbocycles. The maximum absolute atomic E-state index is 4.21. The van der Waals surface area contributed by atoms with E-state index in [0.29, 0.717) is 0 Å². The highest BCUT2D eigenvalue weighted by Crippen LogP contribution is 2.09. The van der Waals surface area contributed by atoms with Gasteiger partial charge in [-0.05, 0) is 13.3 Å². The molecular formula is C8H12N6S. The SMILES string of the molecule is Cc1nsc(NCCCc2ncn[nH]2)n1. The summed E-state index contributed by atoms with van der Waals surface area (Å²) in [6.07, 6.45) is 3.41. The van der Waals surface area contributed by atoms with Gasteiger partial charge in [0.05, 0.1) is 0 Å². The Morgan fingerprint density at radius 1 is 1.53 bits per heavy atom. The largest absolute Gasteiger partial charge is 0.360 e. The van der Waals surface area contributed by atoms with Crippen molar-refractivity contribution in [3.63, 3.8) is 0 Å². The molecule has 0 spiro atoms. The highest BCUT2D eigenvalue weighted by atomic mass is 32.1. The molecule has 0 aliphatic heterocycles. The lowest BCUT2D eigenvalue weighted by Crippen LogP contribution is -2.03. The number of hydrogen-bond acceptors (Lipinski definition) is 6. The smallest absolute Gasteiger partial charge is 0.202 e. The zero-order valence-electron chi connectivity index (χ0n) is 8.40. The lowest BCUT2D eigenvalue weighted by Gasteiger charge is -1.99. The van der Waals surface area contributed by atoms with Crippen molar-refractivity contribution in [2.45, 2.75) is 19.8 Å². The summed E-state index contributed by atoms with van der Waals surface area (Å²) in [5.74, 6) is 1.74. The summed E-state index contributed by atoms with van der Waals surface area (Å²) >= 11 is 1.39. The Hall–Kier alpha value is -1.50. The number of aromatic amines is 1. The van der Waals surface area contributed by atoms with Gasteiger partial charge in [0.25, 0.3) is 0 Å². The van der Waals surface area contributed by atoms with Crippen molar-refractivity contribution < 1.29 is 0 Å². The third kappa shape index (κ3) is 2.98. The van der Waals surface area contributed by atoms with Crippen LogP contribution in [0.3, 0.4) is 0 Å². The molecule has 80 valence electrons. The molecule has 0 bridgehead atoms. The first-order valence-corrected chi connectivity index (χ1v) is 5.50. The van der Waals surface area contributed by atoms with Crippen LogP contribution in [0.1, 0.15) is 18.1 Å². The molecule has 0 amide bonds. The fraction of sp³-hybridized carbons (Fsp3) is 0.500. The molecule has 2 heterocycles. The van der Waals surface area contributed by atoms with Crippen LogP contribution in [-0.4, -0.2) is 31.1 Å². The number of aromatic nitrogens is 5. The predicted molar refractivity (Wildman–Crippen MR) is 57.8 cm³/mol. The molecular weight excluding hydrogens is 212 g/mol. The monoisotopic (exact) mass is 224 g/mol. The van der Waals surface area contributed by atoms with Crippen LogP contribution in [0.4, 0.5) is 5.13 Å². The van der Waals surface area contributed by atoms with Crippen molar-refractivity contribution in [3.05, 3.63) is 18.0 Å². The van der Waals surface area contributed by atoms with E-state index in [0.717, 1.165) is 36.2 Å². The molecule has 2 aromatic heterocycles. The number of aryl methyl sites for hydroxylation is 2. The lowest BCUT2D eigenvalue weighted by atomic mass is 10.3. The van der Waals surface area contributed by atoms with Crippen LogP contribution in [0, 0.1) is 6.92 Å². The number of H-pyrrole nitrogens is 1. The number of nitrogens with one attached hydrogen (secondary N) is 2. The first kappa shape index (κ1) is 10.0. The molecule has 15 heavy (non-hydrogen) atoms. The molecule has 0 aliphatic rings. The molecule has 2 rings (SSSR count). The second kappa shape index (κ2) is 4.83. The van der Waals surface area contributed by atoms with E-state index in [1.807, 2.05) is 6.92 Å². The molecule has 2 N–H and O–H groups in total. The molecule has 0 radical (unpaired) electrons. The molecule has 0 saturated carbocycles. The van der Waals surface area contributed by atoms with Crippen LogP contribution in [-0.2, 0) is 6.42 Å². The summed E-state index contributed by atoms with van der Waals surface area (Å²) in [5.41, 5.74) is 0. The molecule has 0 aliphatic carbocycles. The Labute approximate surface area is 91.3 Å². The Kier molecular flexibility index (Phi) is 3.23. The Morgan fingerprint density at radius 2 is 2.47 bits per heavy atom. The topological polar surface area (TPSA) is 79.4 Å². The van der Waals surface area contributed by atoms with Gasteiger partial charge in [-0.2, -0.15) is 9.47 Å². The molecule has 0 unspecified atom stereocenters. The van der Waals surface area contributed by atoms with E-state index in [4.69, 9.17) is 0 Å². The van der Waals surface area contributed by atoms with Crippen LogP contribution in [0.25, 0.3) is 0 Å². The third-order valence-electron chi connectivity index (χ3n) is 1.86. The Morgan fingerprint density at radius 3 is 3.13 bits per heavy atom. The standard InChI is InChI=1S/C8H12N6S/c1-6-12-8(15-14-6)9-4-2-3-7-10-5-11-13-7/h5H,2-4H2,1H3,(H,9,12,14)(H,10,11,13). The average molecular weight is 224 g/mol. The van der Waals surface area contributed by atoms with Gasteiger partial charge in [0.15, 0.2) is 0 Å². The summed E-state index contributed by atoms with van der Waals surface area (Å²) in [7, 11) is 0. The average Bonchev–Trinajstić information content (AvgIpc) is 2.84. The van der Waals surface area contributed by atoms with Crippen molar-refractivity contribution in [1.82, 2.24) is 24.5 Å². The normalized spacial score (nSPS) is 10.5. The van der Waals surface area contributed by atoms with Crippen LogP contribution < -0.4 is 5.32 Å². The van der Waals surface area contributed by atoms with Gasteiger partial charge in [-0.25, -0.2) is 9.97 Å². The highest BCUT2D eigenvalue weighted by molar-refractivity contribution is 7.09. The van der Waals surface area contributed by atoms with Crippen LogP contribution in [0.15, 0.2) is 6.33 Å². The van der Waals surface area contributed by atoms with Gasteiger partial charge in [-0.15, -0.1) is 0 Å². The van der Waals surface area contributed by atoms with Gasteiger partial charge in [0.2, 0.25) is 5.13 Å². The number of anilines is 1. The van der Waals surface area contributed by atoms with E-state index < -0.39 is 0 Å². The molecule has 0 saturated heterocycles. The van der Waals surface area contributed by atoms with Gasteiger partial charge in [0, 0.05) is 24.5 Å². The minimum absolute atomic E-state index is 0.817. The van der Waals surface area contributed by atoms with E-state index in [9.17, 15) is 0 Å². The van der Waals surface area contributed by atoms with Crippen molar-refractivity contribution in [2.24, 2.45) is 0 Å². The summed E-state index contributed by atoms with van der Waals surface area (Å²) in [6, 6.07) is 0. The van der Waals surface area contributed by atoms with Crippen LogP contribution >= 0.6 is 11.5 Å². The van der Waals surface area contributed by atoms with Crippen molar-refractivity contribution in [2.75, 3.05) is 11.9 Å². The van der Waals surface area contributed by atoms with Crippen LogP contribution in [0.2, 0.25) is 0 Å². The van der Waals surface area contributed by atoms with E-state index in [-0.39, 0.29) is 0 Å². The summed E-state index contributed by atoms with van der Waals surface area (Å²) < 4.78 is 4.08. The highest BCUT2D eigenvalue weighted by Gasteiger charge is 1.99. The zero-order chi connectivity index (χ0) is 10.5. The fourth-order valence-corrected chi connectivity index (χ4v) is 1.77. The molecule has 2 aromatic rings. The van der Waals surface area contributed by atoms with Gasteiger partial charge < -0.3 is 5.32 Å². The minimum Gasteiger partial charge on any atom is -0.360 e. The first-order valence-electron chi connectivity index (χ1n) is 4.73. The summed E-state index contributed by atoms with van der Waals surface area (Å²) in [5, 5.41) is 10.7. The molecule has 6 nitrogen and oxygen atoms in total. The lowest BCUT2D eigenvalue weighted by molar-refractivity contribution is 0.805. The van der Waals surface area contributed by atoms with Crippen LogP contribution in [0.5, 0.6) is 0 Å². The van der Waals surface area contributed by atoms with E-state index in [1.54, 1.807) is 0 Å². The summed E-state index contributed by atoms with van der Waals surface area (Å²) in [6.45, 7) is 2.76. The summed E-state index contributed by atoms with van der Waals surface area (Å²) in [4.78, 5) is 8.25. The van der Waals surface area contributed by atoms with Gasteiger partial charge in [-0.1, -0.05) is 0 Å².